The summed E-state index contributed by atoms with van der Waals surface area (Å²) in [6.45, 7) is 0. The largest absolute Gasteiger partial charge is 0.283 e. The molecule has 0 bridgehead atoms. The highest BCUT2D eigenvalue weighted by atomic mass is 15.1. The van der Waals surface area contributed by atoms with Crippen LogP contribution in [0, 0.1) is 0 Å². The number of allylic oxidation sites excluding steroid dienone is 4. The van der Waals surface area contributed by atoms with E-state index in [-0.39, 0.29) is 0 Å². The Balaban J connectivity index is 1.83. The summed E-state index contributed by atoms with van der Waals surface area (Å²) in [7, 11) is 0. The maximum absolute atomic E-state index is 3.91. The molecule has 1 aliphatic rings. The van der Waals surface area contributed by atoms with Crippen molar-refractivity contribution in [3.63, 3.8) is 0 Å². The van der Waals surface area contributed by atoms with Gasteiger partial charge in [-0.3, -0.25) is 5.10 Å². The van der Waals surface area contributed by atoms with Crippen LogP contribution >= 0.6 is 0 Å². The molecule has 2 heteroatoms. The average Bonchev–Trinajstić information content (AvgIpc) is 2.74. The van der Waals surface area contributed by atoms with E-state index in [4.69, 9.17) is 0 Å². The first kappa shape index (κ1) is 7.35. The Kier molecular flexibility index (Phi) is 2.08. The van der Waals surface area contributed by atoms with E-state index in [1.807, 2.05) is 6.07 Å². The van der Waals surface area contributed by atoms with E-state index in [9.17, 15) is 0 Å². The van der Waals surface area contributed by atoms with Crippen molar-refractivity contribution in [3.05, 3.63) is 41.8 Å². The second kappa shape index (κ2) is 3.39. The van der Waals surface area contributed by atoms with Crippen molar-refractivity contribution in [2.45, 2.75) is 19.3 Å². The van der Waals surface area contributed by atoms with Gasteiger partial charge in [-0.05, 0) is 25.3 Å². The molecule has 2 rings (SSSR count). The van der Waals surface area contributed by atoms with Gasteiger partial charge >= 0.3 is 0 Å². The van der Waals surface area contributed by atoms with E-state index in [0.29, 0.717) is 0 Å². The van der Waals surface area contributed by atoms with Crippen molar-refractivity contribution < 1.29 is 0 Å². The predicted molar refractivity (Wildman–Crippen MR) is 48.7 cm³/mol. The SMILES string of the molecule is C1=CCC(CCc2ccn[nH]2)=C1. The number of aromatic nitrogens is 2. The number of nitrogens with zero attached hydrogens (tertiary/aromatic N) is 1. The molecule has 62 valence electrons. The monoisotopic (exact) mass is 160 g/mol. The highest BCUT2D eigenvalue weighted by Gasteiger charge is 2.00. The van der Waals surface area contributed by atoms with Gasteiger partial charge in [-0.25, -0.2) is 0 Å². The van der Waals surface area contributed by atoms with Crippen molar-refractivity contribution in [3.8, 4) is 0 Å². The van der Waals surface area contributed by atoms with Gasteiger partial charge in [0.1, 0.15) is 0 Å². The highest BCUT2D eigenvalue weighted by molar-refractivity contribution is 5.23. The molecule has 0 aromatic carbocycles. The lowest BCUT2D eigenvalue weighted by atomic mass is 10.1. The fourth-order valence-electron chi connectivity index (χ4n) is 1.40. The van der Waals surface area contributed by atoms with Crippen molar-refractivity contribution in [2.24, 2.45) is 0 Å². The van der Waals surface area contributed by atoms with Gasteiger partial charge < -0.3 is 0 Å². The van der Waals surface area contributed by atoms with Crippen LogP contribution in [0.5, 0.6) is 0 Å². The first-order valence-electron chi connectivity index (χ1n) is 4.28. The summed E-state index contributed by atoms with van der Waals surface area (Å²) < 4.78 is 0. The summed E-state index contributed by atoms with van der Waals surface area (Å²) in [5.74, 6) is 0. The minimum atomic E-state index is 1.08. The number of nitrogens with one attached hydrogen (secondary N) is 1. The molecule has 0 amide bonds. The lowest BCUT2D eigenvalue weighted by molar-refractivity contribution is 0.869. The van der Waals surface area contributed by atoms with Gasteiger partial charge in [0.05, 0.1) is 0 Å². The Morgan fingerprint density at radius 1 is 1.42 bits per heavy atom. The second-order valence-corrected chi connectivity index (χ2v) is 3.04. The minimum absolute atomic E-state index is 1.08. The molecule has 0 spiro atoms. The molecule has 1 aromatic heterocycles. The molecular formula is C10H12N2. The van der Waals surface area contributed by atoms with Gasteiger partial charge in [-0.2, -0.15) is 5.10 Å². The van der Waals surface area contributed by atoms with Crippen LogP contribution in [-0.2, 0) is 6.42 Å². The molecule has 0 atom stereocenters. The van der Waals surface area contributed by atoms with Crippen molar-refractivity contribution >= 4 is 0 Å². The topological polar surface area (TPSA) is 28.7 Å². The summed E-state index contributed by atoms with van der Waals surface area (Å²) in [4.78, 5) is 0. The zero-order valence-corrected chi connectivity index (χ0v) is 6.96. The lowest BCUT2D eigenvalue weighted by Crippen LogP contribution is -1.87. The van der Waals surface area contributed by atoms with Gasteiger partial charge in [0.2, 0.25) is 0 Å². The second-order valence-electron chi connectivity index (χ2n) is 3.04. The van der Waals surface area contributed by atoms with Crippen molar-refractivity contribution in [2.75, 3.05) is 0 Å². The van der Waals surface area contributed by atoms with Crippen molar-refractivity contribution in [1.29, 1.82) is 0 Å². The van der Waals surface area contributed by atoms with Crippen LogP contribution in [0.3, 0.4) is 0 Å². The van der Waals surface area contributed by atoms with Crippen LogP contribution in [0.1, 0.15) is 18.5 Å². The van der Waals surface area contributed by atoms with Gasteiger partial charge in [-0.15, -0.1) is 0 Å². The molecule has 1 N–H and O–H groups in total. The highest BCUT2D eigenvalue weighted by Crippen LogP contribution is 2.16. The number of aromatic amines is 1. The zero-order chi connectivity index (χ0) is 8.23. The van der Waals surface area contributed by atoms with Gasteiger partial charge in [0, 0.05) is 11.9 Å². The smallest absolute Gasteiger partial charge is 0.0490 e. The molecule has 1 heterocycles. The van der Waals surface area contributed by atoms with E-state index in [1.54, 1.807) is 6.20 Å². The Hall–Kier alpha value is -1.31. The van der Waals surface area contributed by atoms with Crippen LogP contribution < -0.4 is 0 Å². The van der Waals surface area contributed by atoms with E-state index < -0.39 is 0 Å². The molecule has 0 unspecified atom stereocenters. The Labute approximate surface area is 72.0 Å². The van der Waals surface area contributed by atoms with E-state index >= 15 is 0 Å². The Morgan fingerprint density at radius 2 is 2.42 bits per heavy atom. The van der Waals surface area contributed by atoms with Crippen molar-refractivity contribution in [1.82, 2.24) is 10.2 Å². The van der Waals surface area contributed by atoms with Gasteiger partial charge in [0.25, 0.3) is 0 Å². The summed E-state index contributed by atoms with van der Waals surface area (Å²) in [5, 5.41) is 6.87. The normalized spacial score (nSPS) is 15.2. The van der Waals surface area contributed by atoms with E-state index in [0.717, 1.165) is 19.3 Å². The first-order valence-corrected chi connectivity index (χ1v) is 4.28. The van der Waals surface area contributed by atoms with Crippen LogP contribution in [0.15, 0.2) is 36.1 Å². The Bertz CT molecular complexity index is 294. The zero-order valence-electron chi connectivity index (χ0n) is 6.96. The van der Waals surface area contributed by atoms with Crippen LogP contribution in [-0.4, -0.2) is 10.2 Å². The molecule has 0 saturated heterocycles. The average molecular weight is 160 g/mol. The quantitative estimate of drug-likeness (QED) is 0.721. The maximum atomic E-state index is 3.91. The number of hydrogen-bond acceptors (Lipinski definition) is 1. The standard InChI is InChI=1S/C10H12N2/c1-2-4-9(3-1)5-6-10-7-8-11-12-10/h1-3,7-8H,4-6H2,(H,11,12). The molecule has 1 aliphatic carbocycles. The predicted octanol–water partition coefficient (Wildman–Crippen LogP) is 2.23. The van der Waals surface area contributed by atoms with Gasteiger partial charge in [0.15, 0.2) is 0 Å². The maximum Gasteiger partial charge on any atom is 0.0490 e. The third-order valence-electron chi connectivity index (χ3n) is 2.12. The summed E-state index contributed by atoms with van der Waals surface area (Å²) in [5.41, 5.74) is 2.74. The third-order valence-corrected chi connectivity index (χ3v) is 2.12. The lowest BCUT2D eigenvalue weighted by Gasteiger charge is -1.98. The molecule has 0 radical (unpaired) electrons. The molecule has 0 aliphatic heterocycles. The number of aryl methyl sites for hydroxylation is 1. The summed E-state index contributed by atoms with van der Waals surface area (Å²) in [6.07, 6.45) is 11.7. The third kappa shape index (κ3) is 1.64. The van der Waals surface area contributed by atoms with E-state index in [2.05, 4.69) is 28.4 Å². The minimum Gasteiger partial charge on any atom is -0.283 e. The fraction of sp³-hybridized carbons (Fsp3) is 0.300. The number of rotatable bonds is 3. The molecule has 0 fully saturated rings. The fourth-order valence-corrected chi connectivity index (χ4v) is 1.40. The molecule has 2 nitrogen and oxygen atoms in total. The van der Waals surface area contributed by atoms with Crippen LogP contribution in [0.4, 0.5) is 0 Å². The summed E-state index contributed by atoms with van der Waals surface area (Å²) in [6, 6.07) is 2.03. The Morgan fingerprint density at radius 3 is 3.08 bits per heavy atom. The van der Waals surface area contributed by atoms with Crippen LogP contribution in [0.2, 0.25) is 0 Å². The van der Waals surface area contributed by atoms with Gasteiger partial charge in [-0.1, -0.05) is 23.8 Å². The van der Waals surface area contributed by atoms with Crippen LogP contribution in [0.25, 0.3) is 0 Å². The molecule has 0 saturated carbocycles. The number of hydrogen-bond donors (Lipinski definition) is 1. The van der Waals surface area contributed by atoms with E-state index in [1.165, 1.54) is 11.3 Å². The molecule has 1 aromatic rings. The molecular weight excluding hydrogens is 148 g/mol. The summed E-state index contributed by atoms with van der Waals surface area (Å²) >= 11 is 0. The molecule has 12 heavy (non-hydrogen) atoms. The first-order chi connectivity index (χ1) is 5.95. The number of H-pyrrole nitrogens is 1.